The molecule has 5 heteroatoms. The predicted octanol–water partition coefficient (Wildman–Crippen LogP) is 6.13. The Morgan fingerprint density at radius 3 is 2.69 bits per heavy atom. The van der Waals surface area contributed by atoms with Crippen molar-refractivity contribution >= 4 is 16.5 Å². The quantitative estimate of drug-likeness (QED) is 0.459. The summed E-state index contributed by atoms with van der Waals surface area (Å²) >= 11 is 0. The number of H-pyrrole nitrogens is 1. The fourth-order valence-electron chi connectivity index (χ4n) is 4.14. The van der Waals surface area contributed by atoms with E-state index in [2.05, 4.69) is 23.0 Å². The normalized spacial score (nSPS) is 21.5. The fraction of sp³-hybridized carbons (Fsp3) is 0.125. The molecule has 1 aliphatic carbocycles. The van der Waals surface area contributed by atoms with Crippen LogP contribution in [-0.4, -0.2) is 9.97 Å². The molecule has 0 spiro atoms. The lowest BCUT2D eigenvalue weighted by atomic mass is 9.66. The summed E-state index contributed by atoms with van der Waals surface area (Å²) in [5.41, 5.74) is 2.28. The van der Waals surface area contributed by atoms with Crippen molar-refractivity contribution in [1.82, 2.24) is 9.97 Å². The lowest BCUT2D eigenvalue weighted by Gasteiger charge is -2.37. The molecule has 0 bridgehead atoms. The van der Waals surface area contributed by atoms with E-state index in [0.29, 0.717) is 22.4 Å². The summed E-state index contributed by atoms with van der Waals surface area (Å²) in [4.78, 5) is 6.78. The lowest BCUT2D eigenvalue weighted by Crippen LogP contribution is -2.30. The van der Waals surface area contributed by atoms with E-state index in [0.717, 1.165) is 11.1 Å². The van der Waals surface area contributed by atoms with E-state index in [1.54, 1.807) is 12.3 Å². The van der Waals surface area contributed by atoms with E-state index in [1.165, 1.54) is 18.4 Å². The average molecular weight is 388 g/mol. The van der Waals surface area contributed by atoms with Crippen LogP contribution in [-0.2, 0) is 5.41 Å². The van der Waals surface area contributed by atoms with Crippen molar-refractivity contribution in [1.29, 1.82) is 0 Å². The first-order chi connectivity index (χ1) is 14.0. The summed E-state index contributed by atoms with van der Waals surface area (Å²) in [5.74, 6) is -0.721. The van der Waals surface area contributed by atoms with Crippen LogP contribution < -0.4 is 0 Å². The molecule has 0 saturated carbocycles. The molecule has 2 atom stereocenters. The topological polar surface area (TPSA) is 41.8 Å². The van der Waals surface area contributed by atoms with Gasteiger partial charge in [0, 0.05) is 28.4 Å². The minimum atomic E-state index is -0.499. The van der Waals surface area contributed by atoms with E-state index in [9.17, 15) is 4.39 Å². The second kappa shape index (κ2) is 6.55. The number of aromatic amines is 1. The number of rotatable bonds is 3. The third kappa shape index (κ3) is 2.90. The SMILES string of the molecule is CC1(c2ccccc2)C=CC(c2ncco2)=CC1c1cc2cc(F)[nH]c2cc1F. The molecule has 2 aromatic carbocycles. The first kappa shape index (κ1) is 17.6. The van der Waals surface area contributed by atoms with Gasteiger partial charge in [0.15, 0.2) is 5.95 Å². The Kier molecular flexibility index (Phi) is 3.98. The van der Waals surface area contributed by atoms with Gasteiger partial charge in [-0.2, -0.15) is 4.39 Å². The largest absolute Gasteiger partial charge is 0.445 e. The van der Waals surface area contributed by atoms with Crippen molar-refractivity contribution in [2.45, 2.75) is 18.3 Å². The summed E-state index contributed by atoms with van der Waals surface area (Å²) in [6, 6.07) is 14.4. The number of hydrogen-bond acceptors (Lipinski definition) is 2. The highest BCUT2D eigenvalue weighted by molar-refractivity contribution is 5.81. The van der Waals surface area contributed by atoms with E-state index in [-0.39, 0.29) is 11.7 Å². The molecule has 2 aromatic heterocycles. The third-order valence-electron chi connectivity index (χ3n) is 5.72. The van der Waals surface area contributed by atoms with Gasteiger partial charge in [0.2, 0.25) is 5.89 Å². The number of benzene rings is 2. The zero-order chi connectivity index (χ0) is 20.0. The van der Waals surface area contributed by atoms with Crippen LogP contribution in [0.15, 0.2) is 83.6 Å². The molecule has 3 nitrogen and oxygen atoms in total. The molecule has 5 rings (SSSR count). The number of hydrogen-bond donors (Lipinski definition) is 1. The van der Waals surface area contributed by atoms with Crippen LogP contribution in [0.2, 0.25) is 0 Å². The van der Waals surface area contributed by atoms with Gasteiger partial charge in [-0.1, -0.05) is 55.5 Å². The van der Waals surface area contributed by atoms with Gasteiger partial charge in [-0.15, -0.1) is 0 Å². The number of nitrogens with one attached hydrogen (secondary N) is 1. The smallest absolute Gasteiger partial charge is 0.225 e. The van der Waals surface area contributed by atoms with E-state index >= 15 is 4.39 Å². The van der Waals surface area contributed by atoms with Crippen LogP contribution in [0, 0.1) is 11.8 Å². The summed E-state index contributed by atoms with van der Waals surface area (Å²) < 4.78 is 34.3. The second-order valence-corrected chi connectivity index (χ2v) is 7.50. The number of nitrogens with zero attached hydrogens (tertiary/aromatic N) is 1. The van der Waals surface area contributed by atoms with Crippen molar-refractivity contribution in [2.75, 3.05) is 0 Å². The molecular formula is C24H18F2N2O. The van der Waals surface area contributed by atoms with Gasteiger partial charge < -0.3 is 9.40 Å². The average Bonchev–Trinajstić information content (AvgIpc) is 3.37. The van der Waals surface area contributed by atoms with E-state index < -0.39 is 11.4 Å². The first-order valence-corrected chi connectivity index (χ1v) is 9.39. The maximum Gasteiger partial charge on any atom is 0.225 e. The third-order valence-corrected chi connectivity index (χ3v) is 5.72. The maximum atomic E-state index is 15.2. The highest BCUT2D eigenvalue weighted by atomic mass is 19.1. The number of oxazole rings is 1. The molecule has 0 radical (unpaired) electrons. The van der Waals surface area contributed by atoms with Crippen LogP contribution in [0.3, 0.4) is 0 Å². The number of halogens is 2. The van der Waals surface area contributed by atoms with Crippen molar-refractivity contribution in [3.63, 3.8) is 0 Å². The Hall–Kier alpha value is -3.47. The van der Waals surface area contributed by atoms with Crippen LogP contribution in [0.4, 0.5) is 8.78 Å². The summed E-state index contributed by atoms with van der Waals surface area (Å²) in [6.45, 7) is 2.08. The van der Waals surface area contributed by atoms with Crippen LogP contribution in [0.1, 0.15) is 29.9 Å². The number of fused-ring (bicyclic) bond motifs is 1. The standard InChI is InChI=1S/C24H18F2N2O/c1-24(17-5-3-2-4-6-17)8-7-15(23-27-9-10-29-23)12-19(24)18-11-16-13-22(26)28-21(16)14-20(18)25/h2-14,19,28H,1H3. The molecule has 0 aliphatic heterocycles. The number of aromatic nitrogens is 2. The Labute approximate surface area is 166 Å². The van der Waals surface area contributed by atoms with Crippen molar-refractivity contribution < 1.29 is 13.2 Å². The fourth-order valence-corrected chi connectivity index (χ4v) is 4.14. The zero-order valence-corrected chi connectivity index (χ0v) is 15.7. The molecule has 2 unspecified atom stereocenters. The number of allylic oxidation sites excluding steroid dienone is 4. The summed E-state index contributed by atoms with van der Waals surface area (Å²) in [7, 11) is 0. The molecule has 0 amide bonds. The highest BCUT2D eigenvalue weighted by Gasteiger charge is 2.38. The molecule has 1 N–H and O–H groups in total. The summed E-state index contributed by atoms with van der Waals surface area (Å²) in [6.07, 6.45) is 9.10. The molecule has 144 valence electrons. The highest BCUT2D eigenvalue weighted by Crippen LogP contribution is 2.47. The summed E-state index contributed by atoms with van der Waals surface area (Å²) in [5, 5.41) is 0.634. The van der Waals surface area contributed by atoms with Crippen molar-refractivity contribution in [3.8, 4) is 0 Å². The van der Waals surface area contributed by atoms with Gasteiger partial charge >= 0.3 is 0 Å². The Bertz CT molecular complexity index is 1240. The predicted molar refractivity (Wildman–Crippen MR) is 108 cm³/mol. The van der Waals surface area contributed by atoms with E-state index in [4.69, 9.17) is 4.42 Å². The molecule has 1 aliphatic rings. The minimum absolute atomic E-state index is 0.334. The molecule has 2 heterocycles. The van der Waals surface area contributed by atoms with Crippen LogP contribution in [0.5, 0.6) is 0 Å². The van der Waals surface area contributed by atoms with E-state index in [1.807, 2.05) is 42.5 Å². The maximum absolute atomic E-state index is 15.2. The lowest BCUT2D eigenvalue weighted by molar-refractivity contribution is 0.495. The molecule has 0 saturated heterocycles. The molecule has 4 aromatic rings. The van der Waals surface area contributed by atoms with Gasteiger partial charge in [-0.05, 0) is 23.3 Å². The van der Waals surface area contributed by atoms with Gasteiger partial charge in [0.1, 0.15) is 12.1 Å². The first-order valence-electron chi connectivity index (χ1n) is 9.39. The van der Waals surface area contributed by atoms with Crippen LogP contribution >= 0.6 is 0 Å². The zero-order valence-electron chi connectivity index (χ0n) is 15.7. The Morgan fingerprint density at radius 2 is 1.93 bits per heavy atom. The molecule has 29 heavy (non-hydrogen) atoms. The second-order valence-electron chi connectivity index (χ2n) is 7.50. The van der Waals surface area contributed by atoms with Crippen molar-refractivity contribution in [2.24, 2.45) is 0 Å². The minimum Gasteiger partial charge on any atom is -0.445 e. The molecule has 0 fully saturated rings. The van der Waals surface area contributed by atoms with Crippen molar-refractivity contribution in [3.05, 3.63) is 108 Å². The monoisotopic (exact) mass is 388 g/mol. The van der Waals surface area contributed by atoms with Gasteiger partial charge in [-0.25, -0.2) is 9.37 Å². The van der Waals surface area contributed by atoms with Gasteiger partial charge in [-0.3, -0.25) is 0 Å². The van der Waals surface area contributed by atoms with Crippen LogP contribution in [0.25, 0.3) is 16.5 Å². The van der Waals surface area contributed by atoms with Gasteiger partial charge in [0.05, 0.1) is 11.7 Å². The van der Waals surface area contributed by atoms with Gasteiger partial charge in [0.25, 0.3) is 0 Å². The Morgan fingerprint density at radius 1 is 1.10 bits per heavy atom. The molecular weight excluding hydrogens is 370 g/mol. The Balaban J connectivity index is 1.72.